The summed E-state index contributed by atoms with van der Waals surface area (Å²) in [7, 11) is 0. The quantitative estimate of drug-likeness (QED) is 0.926. The minimum absolute atomic E-state index is 0.220. The van der Waals surface area contributed by atoms with E-state index in [1.165, 1.54) is 24.2 Å². The lowest BCUT2D eigenvalue weighted by molar-refractivity contribution is 0.0699. The molecule has 21 heavy (non-hydrogen) atoms. The van der Waals surface area contributed by atoms with Crippen LogP contribution < -0.4 is 0 Å². The Hall–Kier alpha value is -0.940. The van der Waals surface area contributed by atoms with Gasteiger partial charge in [-0.05, 0) is 25.3 Å². The molecular weight excluding hydrogens is 284 g/mol. The van der Waals surface area contributed by atoms with Crippen molar-refractivity contribution >= 4 is 17.3 Å². The normalized spacial score (nSPS) is 20.7. The molecule has 0 saturated carbocycles. The van der Waals surface area contributed by atoms with Crippen molar-refractivity contribution in [1.82, 2.24) is 9.88 Å². The maximum absolute atomic E-state index is 11.4. The molecule has 1 aliphatic heterocycles. The molecule has 1 aromatic rings. The van der Waals surface area contributed by atoms with Crippen LogP contribution in [0.1, 0.15) is 60.9 Å². The van der Waals surface area contributed by atoms with E-state index in [4.69, 9.17) is 0 Å². The van der Waals surface area contributed by atoms with E-state index < -0.39 is 5.97 Å². The first-order valence-corrected chi connectivity index (χ1v) is 8.55. The number of aromatic nitrogens is 1. The zero-order valence-corrected chi connectivity index (χ0v) is 14.3. The van der Waals surface area contributed by atoms with Crippen LogP contribution in [0, 0.1) is 5.92 Å². The number of nitrogens with zero attached hydrogens (tertiary/aromatic N) is 2. The molecule has 0 aromatic carbocycles. The summed E-state index contributed by atoms with van der Waals surface area (Å²) in [5.41, 5.74) is 0.504. The molecule has 0 bridgehead atoms. The van der Waals surface area contributed by atoms with Crippen LogP contribution >= 0.6 is 11.3 Å². The van der Waals surface area contributed by atoms with E-state index in [9.17, 15) is 9.90 Å². The van der Waals surface area contributed by atoms with Gasteiger partial charge in [0.2, 0.25) is 0 Å². The monoisotopic (exact) mass is 310 g/mol. The summed E-state index contributed by atoms with van der Waals surface area (Å²) in [5, 5.41) is 10.3. The van der Waals surface area contributed by atoms with E-state index in [1.807, 2.05) is 20.8 Å². The molecule has 1 aromatic heterocycles. The van der Waals surface area contributed by atoms with E-state index in [2.05, 4.69) is 16.8 Å². The van der Waals surface area contributed by atoms with Crippen LogP contribution in [0.25, 0.3) is 0 Å². The second kappa shape index (κ2) is 6.44. The van der Waals surface area contributed by atoms with Crippen LogP contribution in [0.4, 0.5) is 0 Å². The topological polar surface area (TPSA) is 53.4 Å². The Labute approximate surface area is 131 Å². The number of rotatable bonds is 4. The summed E-state index contributed by atoms with van der Waals surface area (Å²) >= 11 is 1.35. The molecule has 5 heteroatoms. The van der Waals surface area contributed by atoms with Gasteiger partial charge in [0.15, 0.2) is 0 Å². The van der Waals surface area contributed by atoms with E-state index in [1.54, 1.807) is 0 Å². The van der Waals surface area contributed by atoms with Crippen molar-refractivity contribution < 1.29 is 9.90 Å². The average Bonchev–Trinajstić information content (AvgIpc) is 2.81. The summed E-state index contributed by atoms with van der Waals surface area (Å²) in [6, 6.07) is 0. The first-order valence-electron chi connectivity index (χ1n) is 7.73. The minimum atomic E-state index is -0.852. The van der Waals surface area contributed by atoms with Gasteiger partial charge < -0.3 is 10.0 Å². The lowest BCUT2D eigenvalue weighted by atomic mass is 9.91. The number of piperidine rings is 1. The molecule has 2 heterocycles. The number of likely N-dealkylation sites (tertiary alicyclic amines) is 1. The zero-order chi connectivity index (χ0) is 15.6. The molecule has 0 radical (unpaired) electrons. The Morgan fingerprint density at radius 2 is 2.19 bits per heavy atom. The van der Waals surface area contributed by atoms with Crippen LogP contribution in [0.3, 0.4) is 0 Å². The maximum atomic E-state index is 11.4. The Bertz CT molecular complexity index is 505. The first-order chi connectivity index (χ1) is 9.77. The molecule has 1 unspecified atom stereocenters. The van der Waals surface area contributed by atoms with Gasteiger partial charge in [0.1, 0.15) is 4.88 Å². The Kier molecular flexibility index (Phi) is 5.04. The number of thiazole rings is 1. The molecule has 1 atom stereocenters. The molecule has 0 aliphatic carbocycles. The summed E-state index contributed by atoms with van der Waals surface area (Å²) in [5.74, 6) is -0.0787. The van der Waals surface area contributed by atoms with Crippen LogP contribution in [-0.4, -0.2) is 40.6 Å². The van der Waals surface area contributed by atoms with Gasteiger partial charge in [-0.15, -0.1) is 11.3 Å². The fraction of sp³-hybridized carbons (Fsp3) is 0.750. The third-order valence-corrected chi connectivity index (χ3v) is 5.06. The highest BCUT2D eigenvalue weighted by molar-refractivity contribution is 7.13. The van der Waals surface area contributed by atoms with Crippen molar-refractivity contribution in [3.8, 4) is 0 Å². The molecule has 0 amide bonds. The van der Waals surface area contributed by atoms with Crippen LogP contribution in [0.15, 0.2) is 0 Å². The van der Waals surface area contributed by atoms with Crippen LogP contribution in [0.5, 0.6) is 0 Å². The predicted octanol–water partition coefficient (Wildman–Crippen LogP) is 3.41. The molecule has 2 rings (SSSR count). The number of carboxylic acid groups (broad SMARTS) is 1. The number of carbonyl (C=O) groups is 1. The molecule has 118 valence electrons. The fourth-order valence-corrected chi connectivity index (χ4v) is 3.97. The predicted molar refractivity (Wildman–Crippen MR) is 86.3 cm³/mol. The van der Waals surface area contributed by atoms with Crippen molar-refractivity contribution in [3.05, 3.63) is 15.6 Å². The summed E-state index contributed by atoms with van der Waals surface area (Å²) in [6.07, 6.45) is 3.45. The highest BCUT2D eigenvalue weighted by Gasteiger charge is 2.27. The van der Waals surface area contributed by atoms with Gasteiger partial charge in [-0.2, -0.15) is 0 Å². The largest absolute Gasteiger partial charge is 0.477 e. The maximum Gasteiger partial charge on any atom is 0.347 e. The van der Waals surface area contributed by atoms with Crippen molar-refractivity contribution in [3.63, 3.8) is 0 Å². The number of carboxylic acids is 1. The summed E-state index contributed by atoms with van der Waals surface area (Å²) < 4.78 is 0. The fourth-order valence-electron chi connectivity index (χ4n) is 2.87. The second-order valence-electron chi connectivity index (χ2n) is 7.14. The standard InChI is InChI=1S/C16H26N2O2S/c1-11-6-5-8-18(10-11)9-7-12-17-14(16(2,3)4)13(21-12)15(19)20/h11H,5-10H2,1-4H3,(H,19,20). The second-order valence-corrected chi connectivity index (χ2v) is 8.22. The smallest absolute Gasteiger partial charge is 0.347 e. The number of hydrogen-bond acceptors (Lipinski definition) is 4. The van der Waals surface area contributed by atoms with Gasteiger partial charge in [0.25, 0.3) is 0 Å². The molecule has 4 nitrogen and oxygen atoms in total. The molecule has 0 spiro atoms. The molecule has 1 fully saturated rings. The summed E-state index contributed by atoms with van der Waals surface area (Å²) in [4.78, 5) is 18.9. The Morgan fingerprint density at radius 3 is 2.71 bits per heavy atom. The van der Waals surface area contributed by atoms with E-state index in [0.717, 1.165) is 42.7 Å². The van der Waals surface area contributed by atoms with Crippen LogP contribution in [0.2, 0.25) is 0 Å². The van der Waals surface area contributed by atoms with Crippen molar-refractivity contribution in [2.75, 3.05) is 19.6 Å². The average molecular weight is 310 g/mol. The number of hydrogen-bond donors (Lipinski definition) is 1. The van der Waals surface area contributed by atoms with Gasteiger partial charge in [-0.3, -0.25) is 0 Å². The lowest BCUT2D eigenvalue weighted by Crippen LogP contribution is -2.35. The highest BCUT2D eigenvalue weighted by Crippen LogP contribution is 2.30. The van der Waals surface area contributed by atoms with Gasteiger partial charge in [-0.1, -0.05) is 27.7 Å². The Morgan fingerprint density at radius 1 is 1.48 bits per heavy atom. The summed E-state index contributed by atoms with van der Waals surface area (Å²) in [6.45, 7) is 11.7. The zero-order valence-electron chi connectivity index (χ0n) is 13.5. The van der Waals surface area contributed by atoms with E-state index >= 15 is 0 Å². The van der Waals surface area contributed by atoms with Crippen LogP contribution in [-0.2, 0) is 11.8 Å². The molecular formula is C16H26N2O2S. The van der Waals surface area contributed by atoms with Gasteiger partial charge in [-0.25, -0.2) is 9.78 Å². The SMILES string of the molecule is CC1CCCN(CCc2nc(C(C)(C)C)c(C(=O)O)s2)C1. The Balaban J connectivity index is 2.05. The number of aromatic carboxylic acids is 1. The minimum Gasteiger partial charge on any atom is -0.477 e. The molecule has 1 aliphatic rings. The highest BCUT2D eigenvalue weighted by atomic mass is 32.1. The van der Waals surface area contributed by atoms with E-state index in [0.29, 0.717) is 4.88 Å². The van der Waals surface area contributed by atoms with Crippen molar-refractivity contribution in [2.24, 2.45) is 5.92 Å². The van der Waals surface area contributed by atoms with Crippen molar-refractivity contribution in [1.29, 1.82) is 0 Å². The van der Waals surface area contributed by atoms with Gasteiger partial charge in [0.05, 0.1) is 10.7 Å². The molecule has 1 saturated heterocycles. The van der Waals surface area contributed by atoms with Gasteiger partial charge in [0, 0.05) is 24.9 Å². The van der Waals surface area contributed by atoms with Crippen molar-refractivity contribution in [2.45, 2.75) is 52.4 Å². The van der Waals surface area contributed by atoms with Gasteiger partial charge >= 0.3 is 5.97 Å². The third kappa shape index (κ3) is 4.27. The lowest BCUT2D eigenvalue weighted by Gasteiger charge is -2.30. The molecule has 1 N–H and O–H groups in total. The third-order valence-electron chi connectivity index (χ3n) is 3.96. The van der Waals surface area contributed by atoms with E-state index in [-0.39, 0.29) is 5.41 Å². The first kappa shape index (κ1) is 16.4.